The van der Waals surface area contributed by atoms with Crippen LogP contribution in [0.4, 0.5) is 0 Å². The molecular weight excluding hydrogens is 358 g/mol. The van der Waals surface area contributed by atoms with Crippen molar-refractivity contribution >= 4 is 27.4 Å². The van der Waals surface area contributed by atoms with E-state index in [9.17, 15) is 13.2 Å². The predicted molar refractivity (Wildman–Crippen MR) is 100 cm³/mol. The van der Waals surface area contributed by atoms with Crippen LogP contribution in [-0.2, 0) is 14.8 Å². The van der Waals surface area contributed by atoms with E-state index in [0.29, 0.717) is 10.6 Å². The molecule has 0 bridgehead atoms. The Balaban J connectivity index is 2.41. The molecule has 1 atom stereocenters. The number of halogens is 1. The highest BCUT2D eigenvalue weighted by molar-refractivity contribution is 7.89. The first kappa shape index (κ1) is 19.4. The summed E-state index contributed by atoms with van der Waals surface area (Å²) < 4.78 is 28.0. The maximum Gasteiger partial charge on any atom is 0.241 e. The van der Waals surface area contributed by atoms with Crippen molar-refractivity contribution in [2.24, 2.45) is 0 Å². The molecule has 2 rings (SSSR count). The van der Waals surface area contributed by atoms with Gasteiger partial charge < -0.3 is 0 Å². The van der Waals surface area contributed by atoms with Gasteiger partial charge in [0.2, 0.25) is 10.0 Å². The van der Waals surface area contributed by atoms with Crippen LogP contribution in [0.2, 0.25) is 5.02 Å². The fourth-order valence-corrected chi connectivity index (χ4v) is 3.67. The van der Waals surface area contributed by atoms with E-state index in [4.69, 9.17) is 11.6 Å². The summed E-state index contributed by atoms with van der Waals surface area (Å²) in [6, 6.07) is 12.3. The third-order valence-electron chi connectivity index (χ3n) is 3.84. The molecule has 0 fully saturated rings. The minimum absolute atomic E-state index is 0.133. The first-order valence-corrected chi connectivity index (χ1v) is 9.67. The van der Waals surface area contributed by atoms with E-state index in [0.717, 1.165) is 5.56 Å². The molecule has 2 aromatic carbocycles. The number of carbonyl (C=O) groups excluding carboxylic acids is 1. The minimum atomic E-state index is -3.82. The highest BCUT2D eigenvalue weighted by Gasteiger charge is 2.26. The molecule has 0 heterocycles. The molecule has 0 aliphatic rings. The Morgan fingerprint density at radius 3 is 2.20 bits per heavy atom. The molecule has 0 radical (unpaired) electrons. The Bertz CT molecular complexity index is 872. The van der Waals surface area contributed by atoms with E-state index in [1.807, 2.05) is 6.92 Å². The number of rotatable bonds is 7. The standard InChI is InChI=1S/C19H20ClNO3S/c1-4-18(22)14(3)19(15-7-9-16(20)10-8-15)21-25(23,24)17-11-5-13(2)6-12-17/h5-12,19,21H,3-4H2,1-2H3/t19-/m1/s1. The van der Waals surface area contributed by atoms with Gasteiger partial charge in [-0.05, 0) is 36.8 Å². The molecule has 0 spiro atoms. The topological polar surface area (TPSA) is 63.2 Å². The average Bonchev–Trinajstić information content (AvgIpc) is 2.59. The number of hydrogen-bond acceptors (Lipinski definition) is 3. The quantitative estimate of drug-likeness (QED) is 0.735. The van der Waals surface area contributed by atoms with Gasteiger partial charge in [-0.15, -0.1) is 0 Å². The van der Waals surface area contributed by atoms with Crippen molar-refractivity contribution in [3.8, 4) is 0 Å². The van der Waals surface area contributed by atoms with E-state index in [2.05, 4.69) is 11.3 Å². The van der Waals surface area contributed by atoms with Gasteiger partial charge in [0.25, 0.3) is 0 Å². The van der Waals surface area contributed by atoms with Crippen LogP contribution < -0.4 is 4.72 Å². The van der Waals surface area contributed by atoms with Crippen LogP contribution in [0.5, 0.6) is 0 Å². The van der Waals surface area contributed by atoms with Gasteiger partial charge in [-0.25, -0.2) is 8.42 Å². The Hall–Kier alpha value is -1.95. The maximum absolute atomic E-state index is 12.7. The third kappa shape index (κ3) is 4.78. The summed E-state index contributed by atoms with van der Waals surface area (Å²) >= 11 is 5.90. The Morgan fingerprint density at radius 1 is 1.12 bits per heavy atom. The number of aryl methyl sites for hydroxylation is 1. The molecule has 0 aliphatic heterocycles. The summed E-state index contributed by atoms with van der Waals surface area (Å²) in [5, 5.41) is 0.524. The fraction of sp³-hybridized carbons (Fsp3) is 0.211. The fourth-order valence-electron chi connectivity index (χ4n) is 2.32. The van der Waals surface area contributed by atoms with Gasteiger partial charge in [0.05, 0.1) is 10.9 Å². The highest BCUT2D eigenvalue weighted by Crippen LogP contribution is 2.26. The van der Waals surface area contributed by atoms with Crippen molar-refractivity contribution in [3.63, 3.8) is 0 Å². The molecule has 2 aromatic rings. The van der Waals surface area contributed by atoms with E-state index >= 15 is 0 Å². The van der Waals surface area contributed by atoms with Crippen LogP contribution in [0.25, 0.3) is 0 Å². The average molecular weight is 378 g/mol. The zero-order valence-corrected chi connectivity index (χ0v) is 15.7. The number of ketones is 1. The van der Waals surface area contributed by atoms with Crippen molar-refractivity contribution in [3.05, 3.63) is 76.8 Å². The van der Waals surface area contributed by atoms with Crippen molar-refractivity contribution < 1.29 is 13.2 Å². The molecule has 4 nitrogen and oxygen atoms in total. The monoisotopic (exact) mass is 377 g/mol. The molecule has 0 amide bonds. The number of nitrogens with one attached hydrogen (secondary N) is 1. The summed E-state index contributed by atoms with van der Waals surface area (Å²) in [5.41, 5.74) is 1.76. The summed E-state index contributed by atoms with van der Waals surface area (Å²) in [7, 11) is -3.82. The highest BCUT2D eigenvalue weighted by atomic mass is 35.5. The smallest absolute Gasteiger partial charge is 0.241 e. The molecule has 6 heteroatoms. The Kier molecular flexibility index (Phi) is 6.16. The molecule has 132 valence electrons. The van der Waals surface area contributed by atoms with Gasteiger partial charge >= 0.3 is 0 Å². The second-order valence-electron chi connectivity index (χ2n) is 5.72. The van der Waals surface area contributed by atoms with Gasteiger partial charge in [0.1, 0.15) is 0 Å². The zero-order valence-electron chi connectivity index (χ0n) is 14.1. The van der Waals surface area contributed by atoms with Crippen molar-refractivity contribution in [2.75, 3.05) is 0 Å². The van der Waals surface area contributed by atoms with E-state index in [1.54, 1.807) is 43.3 Å². The summed E-state index contributed by atoms with van der Waals surface area (Å²) in [6.45, 7) is 7.39. The third-order valence-corrected chi connectivity index (χ3v) is 5.53. The molecule has 1 N–H and O–H groups in total. The van der Waals surface area contributed by atoms with Gasteiger partial charge in [-0.1, -0.05) is 54.9 Å². The zero-order chi connectivity index (χ0) is 18.6. The predicted octanol–water partition coefficient (Wildman–Crippen LogP) is 4.20. The van der Waals surface area contributed by atoms with Crippen molar-refractivity contribution in [1.29, 1.82) is 0 Å². The minimum Gasteiger partial charge on any atom is -0.295 e. The maximum atomic E-state index is 12.7. The van der Waals surface area contributed by atoms with Gasteiger partial charge in [-0.2, -0.15) is 4.72 Å². The lowest BCUT2D eigenvalue weighted by Crippen LogP contribution is -2.31. The number of Topliss-reactive ketones (excluding diaryl/α,β-unsaturated/α-hetero) is 1. The van der Waals surface area contributed by atoms with Crippen LogP contribution in [0, 0.1) is 6.92 Å². The molecule has 0 aromatic heterocycles. The second kappa shape index (κ2) is 7.95. The van der Waals surface area contributed by atoms with Crippen LogP contribution in [0.1, 0.15) is 30.5 Å². The lowest BCUT2D eigenvalue weighted by molar-refractivity contribution is -0.115. The number of benzene rings is 2. The lowest BCUT2D eigenvalue weighted by atomic mass is 9.97. The van der Waals surface area contributed by atoms with Gasteiger partial charge in [0.15, 0.2) is 5.78 Å². The SMILES string of the molecule is C=C(C(=O)CC)[C@@H](NS(=O)(=O)c1ccc(C)cc1)c1ccc(Cl)cc1. The number of sulfonamides is 1. The molecule has 0 unspecified atom stereocenters. The van der Waals surface area contributed by atoms with Gasteiger partial charge in [0, 0.05) is 17.0 Å². The van der Waals surface area contributed by atoms with Crippen molar-refractivity contribution in [2.45, 2.75) is 31.2 Å². The van der Waals surface area contributed by atoms with E-state index in [-0.39, 0.29) is 22.7 Å². The number of hydrogen-bond donors (Lipinski definition) is 1. The first-order chi connectivity index (χ1) is 11.7. The van der Waals surface area contributed by atoms with Gasteiger partial charge in [-0.3, -0.25) is 4.79 Å². The van der Waals surface area contributed by atoms with Crippen LogP contribution in [0.3, 0.4) is 0 Å². The van der Waals surface area contributed by atoms with Crippen LogP contribution >= 0.6 is 11.6 Å². The normalized spacial score (nSPS) is 12.6. The lowest BCUT2D eigenvalue weighted by Gasteiger charge is -2.21. The van der Waals surface area contributed by atoms with E-state index in [1.165, 1.54) is 12.1 Å². The summed E-state index contributed by atoms with van der Waals surface area (Å²) in [5.74, 6) is -0.202. The number of carbonyl (C=O) groups is 1. The van der Waals surface area contributed by atoms with Crippen LogP contribution in [-0.4, -0.2) is 14.2 Å². The summed E-state index contributed by atoms with van der Waals surface area (Å²) in [4.78, 5) is 12.2. The molecule has 0 saturated heterocycles. The van der Waals surface area contributed by atoms with Crippen molar-refractivity contribution in [1.82, 2.24) is 4.72 Å². The molecule has 0 aliphatic carbocycles. The molecular formula is C19H20ClNO3S. The van der Waals surface area contributed by atoms with Crippen LogP contribution in [0.15, 0.2) is 65.6 Å². The summed E-state index contributed by atoms with van der Waals surface area (Å²) in [6.07, 6.45) is 0.245. The van der Waals surface area contributed by atoms with E-state index < -0.39 is 16.1 Å². The first-order valence-electron chi connectivity index (χ1n) is 7.81. The second-order valence-corrected chi connectivity index (χ2v) is 7.87. The largest absolute Gasteiger partial charge is 0.295 e. The Labute approximate surface area is 153 Å². The molecule has 0 saturated carbocycles. The molecule has 25 heavy (non-hydrogen) atoms. The Morgan fingerprint density at radius 2 is 1.68 bits per heavy atom.